The van der Waals surface area contributed by atoms with Crippen LogP contribution in [0.5, 0.6) is 0 Å². The molecule has 1 aliphatic heterocycles. The minimum Gasteiger partial charge on any atom is -0.339 e. The Balaban J connectivity index is 1.70. The highest BCUT2D eigenvalue weighted by atomic mass is 16.6. The standard InChI is InChI=1S/C14H16N4O3/c19-18(20)12-5-3-11(4-6-12)14-16-13(21-17-14)8-10-2-1-7-15-9-10/h3-6,10,15H,1-2,7-9H2. The molecular weight excluding hydrogens is 272 g/mol. The van der Waals surface area contributed by atoms with Crippen LogP contribution in [0.25, 0.3) is 11.4 Å². The molecule has 1 aromatic carbocycles. The van der Waals surface area contributed by atoms with Gasteiger partial charge in [0.25, 0.3) is 5.69 Å². The number of rotatable bonds is 4. The van der Waals surface area contributed by atoms with Gasteiger partial charge in [-0.05, 0) is 44.0 Å². The summed E-state index contributed by atoms with van der Waals surface area (Å²) in [5.41, 5.74) is 0.771. The zero-order valence-corrected chi connectivity index (χ0v) is 11.5. The van der Waals surface area contributed by atoms with Gasteiger partial charge in [0, 0.05) is 24.1 Å². The van der Waals surface area contributed by atoms with Crippen LogP contribution in [-0.2, 0) is 6.42 Å². The summed E-state index contributed by atoms with van der Waals surface area (Å²) >= 11 is 0. The Morgan fingerprint density at radius 1 is 1.38 bits per heavy atom. The van der Waals surface area contributed by atoms with Gasteiger partial charge in [0.15, 0.2) is 0 Å². The zero-order chi connectivity index (χ0) is 14.7. The number of nitrogens with zero attached hydrogens (tertiary/aromatic N) is 3. The molecule has 1 fully saturated rings. The second kappa shape index (κ2) is 6.01. The first kappa shape index (κ1) is 13.7. The van der Waals surface area contributed by atoms with Crippen molar-refractivity contribution in [3.63, 3.8) is 0 Å². The van der Waals surface area contributed by atoms with E-state index in [0.29, 0.717) is 17.6 Å². The number of hydrogen-bond donors (Lipinski definition) is 1. The summed E-state index contributed by atoms with van der Waals surface area (Å²) in [6.45, 7) is 2.06. The number of nitro groups is 1. The average Bonchev–Trinajstić information content (AvgIpc) is 2.97. The van der Waals surface area contributed by atoms with Crippen molar-refractivity contribution < 1.29 is 9.45 Å². The first-order valence-electron chi connectivity index (χ1n) is 7.00. The molecule has 1 N–H and O–H groups in total. The van der Waals surface area contributed by atoms with Gasteiger partial charge in [0.2, 0.25) is 11.7 Å². The predicted octanol–water partition coefficient (Wildman–Crippen LogP) is 2.19. The fourth-order valence-electron chi connectivity index (χ4n) is 2.53. The second-order valence-electron chi connectivity index (χ2n) is 5.23. The number of aromatic nitrogens is 2. The molecule has 1 aliphatic rings. The van der Waals surface area contributed by atoms with Gasteiger partial charge in [-0.25, -0.2) is 0 Å². The van der Waals surface area contributed by atoms with E-state index in [1.807, 2.05) is 0 Å². The molecule has 110 valence electrons. The lowest BCUT2D eigenvalue weighted by molar-refractivity contribution is -0.384. The fourth-order valence-corrected chi connectivity index (χ4v) is 2.53. The zero-order valence-electron chi connectivity index (χ0n) is 11.5. The van der Waals surface area contributed by atoms with Gasteiger partial charge in [0.05, 0.1) is 4.92 Å². The minimum absolute atomic E-state index is 0.0516. The van der Waals surface area contributed by atoms with Gasteiger partial charge >= 0.3 is 0 Å². The van der Waals surface area contributed by atoms with Gasteiger partial charge in [-0.15, -0.1) is 0 Å². The van der Waals surface area contributed by atoms with E-state index in [9.17, 15) is 10.1 Å². The molecule has 0 spiro atoms. The van der Waals surface area contributed by atoms with E-state index in [2.05, 4.69) is 15.5 Å². The molecule has 1 atom stereocenters. The summed E-state index contributed by atoms with van der Waals surface area (Å²) in [5.74, 6) is 1.63. The summed E-state index contributed by atoms with van der Waals surface area (Å²) in [6, 6.07) is 6.15. The third-order valence-electron chi connectivity index (χ3n) is 3.67. The fraction of sp³-hybridized carbons (Fsp3) is 0.429. The molecule has 0 saturated carbocycles. The van der Waals surface area contributed by atoms with E-state index in [4.69, 9.17) is 4.52 Å². The Bertz CT molecular complexity index is 617. The first-order chi connectivity index (χ1) is 10.2. The molecule has 1 unspecified atom stereocenters. The van der Waals surface area contributed by atoms with Crippen LogP contribution in [0.15, 0.2) is 28.8 Å². The van der Waals surface area contributed by atoms with Crippen LogP contribution in [0, 0.1) is 16.0 Å². The van der Waals surface area contributed by atoms with Crippen molar-refractivity contribution in [2.45, 2.75) is 19.3 Å². The Hall–Kier alpha value is -2.28. The van der Waals surface area contributed by atoms with Crippen molar-refractivity contribution in [1.29, 1.82) is 0 Å². The number of nitro benzene ring substituents is 1. The lowest BCUT2D eigenvalue weighted by Gasteiger charge is -2.20. The molecule has 7 heteroatoms. The van der Waals surface area contributed by atoms with Gasteiger partial charge in [0.1, 0.15) is 0 Å². The summed E-state index contributed by atoms with van der Waals surface area (Å²) in [4.78, 5) is 14.6. The molecule has 1 aromatic heterocycles. The maximum Gasteiger partial charge on any atom is 0.269 e. The van der Waals surface area contributed by atoms with Crippen LogP contribution in [0.3, 0.4) is 0 Å². The van der Waals surface area contributed by atoms with Crippen molar-refractivity contribution in [1.82, 2.24) is 15.5 Å². The van der Waals surface area contributed by atoms with Crippen molar-refractivity contribution in [2.24, 2.45) is 5.92 Å². The topological polar surface area (TPSA) is 94.1 Å². The highest BCUT2D eigenvalue weighted by molar-refractivity contribution is 5.56. The number of benzene rings is 1. The molecule has 1 saturated heterocycles. The monoisotopic (exact) mass is 288 g/mol. The summed E-state index contributed by atoms with van der Waals surface area (Å²) in [5, 5.41) is 17.9. The molecular formula is C14H16N4O3. The van der Waals surface area contributed by atoms with Crippen molar-refractivity contribution in [3.8, 4) is 11.4 Å². The highest BCUT2D eigenvalue weighted by Crippen LogP contribution is 2.21. The van der Waals surface area contributed by atoms with Crippen LogP contribution in [-0.4, -0.2) is 28.2 Å². The number of piperidine rings is 1. The van der Waals surface area contributed by atoms with E-state index in [-0.39, 0.29) is 5.69 Å². The van der Waals surface area contributed by atoms with Crippen LogP contribution < -0.4 is 5.32 Å². The van der Waals surface area contributed by atoms with Gasteiger partial charge < -0.3 is 9.84 Å². The van der Waals surface area contributed by atoms with Crippen LogP contribution in [0.2, 0.25) is 0 Å². The largest absolute Gasteiger partial charge is 0.339 e. The van der Waals surface area contributed by atoms with E-state index in [1.54, 1.807) is 12.1 Å². The third-order valence-corrected chi connectivity index (χ3v) is 3.67. The molecule has 7 nitrogen and oxygen atoms in total. The van der Waals surface area contributed by atoms with Gasteiger partial charge in [-0.1, -0.05) is 5.16 Å². The molecule has 0 aliphatic carbocycles. The van der Waals surface area contributed by atoms with Crippen LogP contribution in [0.4, 0.5) is 5.69 Å². The van der Waals surface area contributed by atoms with E-state index in [0.717, 1.165) is 25.1 Å². The molecule has 0 radical (unpaired) electrons. The molecule has 0 bridgehead atoms. The number of nitrogens with one attached hydrogen (secondary N) is 1. The quantitative estimate of drug-likeness (QED) is 0.684. The Kier molecular flexibility index (Phi) is 3.92. The molecule has 2 heterocycles. The predicted molar refractivity (Wildman–Crippen MR) is 75.7 cm³/mol. The molecule has 2 aromatic rings. The maximum absolute atomic E-state index is 10.6. The number of hydrogen-bond acceptors (Lipinski definition) is 6. The Morgan fingerprint density at radius 3 is 2.86 bits per heavy atom. The summed E-state index contributed by atoms with van der Waals surface area (Å²) < 4.78 is 5.28. The smallest absolute Gasteiger partial charge is 0.269 e. The van der Waals surface area contributed by atoms with Gasteiger partial charge in [-0.2, -0.15) is 4.98 Å². The Morgan fingerprint density at radius 2 is 2.19 bits per heavy atom. The lowest BCUT2D eigenvalue weighted by Crippen LogP contribution is -2.30. The van der Waals surface area contributed by atoms with Crippen LogP contribution in [0.1, 0.15) is 18.7 Å². The third kappa shape index (κ3) is 3.25. The summed E-state index contributed by atoms with van der Waals surface area (Å²) in [7, 11) is 0. The highest BCUT2D eigenvalue weighted by Gasteiger charge is 2.18. The van der Waals surface area contributed by atoms with Crippen LogP contribution >= 0.6 is 0 Å². The first-order valence-corrected chi connectivity index (χ1v) is 7.00. The van der Waals surface area contributed by atoms with E-state index < -0.39 is 4.92 Å². The SMILES string of the molecule is O=[N+]([O-])c1ccc(-c2noc(CC3CCCNC3)n2)cc1. The molecule has 3 rings (SSSR count). The number of non-ortho nitro benzene ring substituents is 1. The molecule has 21 heavy (non-hydrogen) atoms. The van der Waals surface area contributed by atoms with Gasteiger partial charge in [-0.3, -0.25) is 10.1 Å². The van der Waals surface area contributed by atoms with Crippen molar-refractivity contribution in [3.05, 3.63) is 40.3 Å². The van der Waals surface area contributed by atoms with Crippen molar-refractivity contribution in [2.75, 3.05) is 13.1 Å². The summed E-state index contributed by atoms with van der Waals surface area (Å²) in [6.07, 6.45) is 3.11. The van der Waals surface area contributed by atoms with E-state index >= 15 is 0 Å². The molecule has 0 amide bonds. The van der Waals surface area contributed by atoms with E-state index in [1.165, 1.54) is 25.0 Å². The van der Waals surface area contributed by atoms with Crippen molar-refractivity contribution >= 4 is 5.69 Å². The second-order valence-corrected chi connectivity index (χ2v) is 5.23. The lowest BCUT2D eigenvalue weighted by atomic mass is 9.96. The average molecular weight is 288 g/mol. The normalized spacial score (nSPS) is 18.6. The minimum atomic E-state index is -0.429. The Labute approximate surface area is 121 Å². The maximum atomic E-state index is 10.6.